The van der Waals surface area contributed by atoms with E-state index in [1.165, 1.54) is 7.11 Å². The highest BCUT2D eigenvalue weighted by Crippen LogP contribution is 2.31. The first kappa shape index (κ1) is 13.4. The van der Waals surface area contributed by atoms with Crippen LogP contribution in [0.3, 0.4) is 0 Å². The van der Waals surface area contributed by atoms with Crippen molar-refractivity contribution < 1.29 is 9.53 Å². The Morgan fingerprint density at radius 3 is 2.78 bits per heavy atom. The molecule has 0 radical (unpaired) electrons. The van der Waals surface area contributed by atoms with Crippen LogP contribution < -0.4 is 4.90 Å². The monoisotopic (exact) mass is 312 g/mol. The average Bonchev–Trinajstić information content (AvgIpc) is 2.78. The van der Waals surface area contributed by atoms with E-state index in [1.807, 2.05) is 31.3 Å². The van der Waals surface area contributed by atoms with Gasteiger partial charge >= 0.3 is 6.09 Å². The number of carbonyl (C=O) groups is 1. The summed E-state index contributed by atoms with van der Waals surface area (Å²) in [6, 6.07) is 7.71. The fourth-order valence-corrected chi connectivity index (χ4v) is 2.82. The number of likely N-dealkylation sites (tertiary alicyclic amines) is 1. The molecule has 0 aromatic heterocycles. The lowest BCUT2D eigenvalue weighted by atomic mass is 10.2. The number of methoxy groups -OCH3 is 1. The Morgan fingerprint density at radius 2 is 2.22 bits per heavy atom. The molecule has 1 aromatic carbocycles. The molecule has 1 aromatic rings. The van der Waals surface area contributed by atoms with Crippen LogP contribution in [0, 0.1) is 0 Å². The second-order valence-corrected chi connectivity index (χ2v) is 5.25. The van der Waals surface area contributed by atoms with Crippen molar-refractivity contribution in [2.45, 2.75) is 19.0 Å². The number of para-hydroxylation sites is 1. The van der Waals surface area contributed by atoms with Crippen LogP contribution in [0.25, 0.3) is 0 Å². The third-order valence-corrected chi connectivity index (χ3v) is 3.93. The van der Waals surface area contributed by atoms with Gasteiger partial charge in [0, 0.05) is 4.47 Å². The van der Waals surface area contributed by atoms with Crippen molar-refractivity contribution in [2.24, 2.45) is 0 Å². The fourth-order valence-electron chi connectivity index (χ4n) is 2.34. The predicted octanol–water partition coefficient (Wildman–Crippen LogP) is 3.07. The molecule has 0 bridgehead atoms. The van der Waals surface area contributed by atoms with Crippen molar-refractivity contribution in [1.82, 2.24) is 4.90 Å². The van der Waals surface area contributed by atoms with Crippen molar-refractivity contribution in [1.29, 1.82) is 0 Å². The molecule has 98 valence electrons. The van der Waals surface area contributed by atoms with E-state index in [0.717, 1.165) is 29.5 Å². The Labute approximate surface area is 116 Å². The summed E-state index contributed by atoms with van der Waals surface area (Å²) in [7, 11) is 3.45. The molecule has 1 heterocycles. The second-order valence-electron chi connectivity index (χ2n) is 4.39. The first-order valence-corrected chi connectivity index (χ1v) is 6.76. The van der Waals surface area contributed by atoms with E-state index < -0.39 is 0 Å². The summed E-state index contributed by atoms with van der Waals surface area (Å²) in [6.07, 6.45) is 1.81. The molecule has 1 amide bonds. The van der Waals surface area contributed by atoms with Gasteiger partial charge in [0.15, 0.2) is 0 Å². The number of amides is 1. The van der Waals surface area contributed by atoms with Crippen LogP contribution in [0.15, 0.2) is 28.7 Å². The van der Waals surface area contributed by atoms with E-state index in [0.29, 0.717) is 0 Å². The second kappa shape index (κ2) is 5.71. The van der Waals surface area contributed by atoms with Crippen LogP contribution in [-0.4, -0.2) is 37.9 Å². The number of halogens is 1. The normalized spacial score (nSPS) is 19.8. The molecule has 1 saturated heterocycles. The van der Waals surface area contributed by atoms with Crippen LogP contribution in [0.5, 0.6) is 0 Å². The minimum absolute atomic E-state index is 0.0659. The molecule has 2 rings (SSSR count). The SMILES string of the molecule is COC(=O)N(c1ccccc1Br)[C@H]1CCCN1C. The number of hydrogen-bond acceptors (Lipinski definition) is 3. The summed E-state index contributed by atoms with van der Waals surface area (Å²) in [4.78, 5) is 15.9. The predicted molar refractivity (Wildman–Crippen MR) is 74.7 cm³/mol. The topological polar surface area (TPSA) is 32.8 Å². The van der Waals surface area contributed by atoms with Crippen LogP contribution in [0.2, 0.25) is 0 Å². The van der Waals surface area contributed by atoms with Crippen LogP contribution >= 0.6 is 15.9 Å². The van der Waals surface area contributed by atoms with E-state index in [2.05, 4.69) is 20.8 Å². The summed E-state index contributed by atoms with van der Waals surface area (Å²) < 4.78 is 5.82. The van der Waals surface area contributed by atoms with Gasteiger partial charge in [-0.15, -0.1) is 0 Å². The third-order valence-electron chi connectivity index (χ3n) is 3.26. The minimum atomic E-state index is -0.319. The van der Waals surface area contributed by atoms with E-state index in [-0.39, 0.29) is 12.3 Å². The molecule has 0 spiro atoms. The first-order chi connectivity index (χ1) is 8.65. The zero-order chi connectivity index (χ0) is 13.1. The lowest BCUT2D eigenvalue weighted by Crippen LogP contribution is -2.46. The fraction of sp³-hybridized carbons (Fsp3) is 0.462. The Hall–Kier alpha value is -1.07. The van der Waals surface area contributed by atoms with Crippen LogP contribution in [0.1, 0.15) is 12.8 Å². The Bertz CT molecular complexity index is 439. The van der Waals surface area contributed by atoms with Crippen molar-refractivity contribution >= 4 is 27.7 Å². The number of carbonyl (C=O) groups excluding carboxylic acids is 1. The Kier molecular flexibility index (Phi) is 4.24. The van der Waals surface area contributed by atoms with Crippen molar-refractivity contribution in [3.05, 3.63) is 28.7 Å². The molecule has 1 aliphatic heterocycles. The van der Waals surface area contributed by atoms with Gasteiger partial charge < -0.3 is 4.74 Å². The van der Waals surface area contributed by atoms with Gasteiger partial charge in [-0.3, -0.25) is 9.80 Å². The van der Waals surface area contributed by atoms with Crippen molar-refractivity contribution in [3.8, 4) is 0 Å². The number of nitrogens with zero attached hydrogens (tertiary/aromatic N) is 2. The molecule has 1 aliphatic rings. The molecular formula is C13H17BrN2O2. The maximum atomic E-state index is 12.1. The number of ether oxygens (including phenoxy) is 1. The number of hydrogen-bond donors (Lipinski definition) is 0. The zero-order valence-corrected chi connectivity index (χ0v) is 12.2. The first-order valence-electron chi connectivity index (χ1n) is 5.97. The molecule has 1 atom stereocenters. The summed E-state index contributed by atoms with van der Waals surface area (Å²) in [5.74, 6) is 0. The molecule has 5 heteroatoms. The van der Waals surface area contributed by atoms with Gasteiger partial charge in [0.05, 0.1) is 19.0 Å². The lowest BCUT2D eigenvalue weighted by molar-refractivity contribution is 0.167. The quantitative estimate of drug-likeness (QED) is 0.841. The van der Waals surface area contributed by atoms with Gasteiger partial charge in [-0.1, -0.05) is 12.1 Å². The van der Waals surface area contributed by atoms with Gasteiger partial charge in [-0.05, 0) is 54.5 Å². The third kappa shape index (κ3) is 2.52. The summed E-state index contributed by atoms with van der Waals surface area (Å²) in [5, 5.41) is 0. The lowest BCUT2D eigenvalue weighted by Gasteiger charge is -2.32. The van der Waals surface area contributed by atoms with E-state index >= 15 is 0 Å². The molecule has 0 aliphatic carbocycles. The summed E-state index contributed by atoms with van der Waals surface area (Å²) in [6.45, 7) is 1.00. The molecule has 1 fully saturated rings. The highest BCUT2D eigenvalue weighted by Gasteiger charge is 2.33. The summed E-state index contributed by atoms with van der Waals surface area (Å²) in [5.41, 5.74) is 0.850. The van der Waals surface area contributed by atoms with Gasteiger partial charge in [0.1, 0.15) is 0 Å². The number of anilines is 1. The van der Waals surface area contributed by atoms with Crippen molar-refractivity contribution in [2.75, 3.05) is 25.6 Å². The average molecular weight is 313 g/mol. The molecule has 18 heavy (non-hydrogen) atoms. The largest absolute Gasteiger partial charge is 0.452 e. The van der Waals surface area contributed by atoms with E-state index in [4.69, 9.17) is 4.74 Å². The van der Waals surface area contributed by atoms with E-state index in [9.17, 15) is 4.79 Å². The number of rotatable bonds is 2. The van der Waals surface area contributed by atoms with Crippen LogP contribution in [-0.2, 0) is 4.74 Å². The Morgan fingerprint density at radius 1 is 1.50 bits per heavy atom. The maximum Gasteiger partial charge on any atom is 0.415 e. The van der Waals surface area contributed by atoms with Gasteiger partial charge in [-0.2, -0.15) is 0 Å². The van der Waals surface area contributed by atoms with Gasteiger partial charge in [-0.25, -0.2) is 4.79 Å². The molecule has 4 nitrogen and oxygen atoms in total. The number of benzene rings is 1. The van der Waals surface area contributed by atoms with Gasteiger partial charge in [0.25, 0.3) is 0 Å². The maximum absolute atomic E-state index is 12.1. The minimum Gasteiger partial charge on any atom is -0.452 e. The highest BCUT2D eigenvalue weighted by molar-refractivity contribution is 9.10. The van der Waals surface area contributed by atoms with Crippen molar-refractivity contribution in [3.63, 3.8) is 0 Å². The summed E-state index contributed by atoms with van der Waals surface area (Å²) >= 11 is 3.49. The zero-order valence-electron chi connectivity index (χ0n) is 10.6. The highest BCUT2D eigenvalue weighted by atomic mass is 79.9. The van der Waals surface area contributed by atoms with E-state index in [1.54, 1.807) is 4.90 Å². The van der Waals surface area contributed by atoms with Gasteiger partial charge in [0.2, 0.25) is 0 Å². The molecule has 0 N–H and O–H groups in total. The van der Waals surface area contributed by atoms with Crippen LogP contribution in [0.4, 0.5) is 10.5 Å². The molecule has 0 saturated carbocycles. The molecule has 0 unspecified atom stereocenters. The molecular weight excluding hydrogens is 296 g/mol. The smallest absolute Gasteiger partial charge is 0.415 e. The standard InChI is InChI=1S/C13H17BrN2O2/c1-15-9-5-8-12(15)16(13(17)18-2)11-7-4-3-6-10(11)14/h3-4,6-7,12H,5,8-9H2,1-2H3/t12-/m0/s1. The Balaban J connectivity index is 2.37.